The van der Waals surface area contributed by atoms with Crippen LogP contribution >= 0.6 is 23.4 Å². The van der Waals surface area contributed by atoms with Crippen LogP contribution in [0.3, 0.4) is 0 Å². The topological polar surface area (TPSA) is 42.7 Å². The third kappa shape index (κ3) is 4.23. The summed E-state index contributed by atoms with van der Waals surface area (Å²) in [5, 5.41) is 13.1. The highest BCUT2D eigenvalue weighted by atomic mass is 35.5. The van der Waals surface area contributed by atoms with Crippen molar-refractivity contribution in [3.8, 4) is 0 Å². The number of hydrogen-bond donors (Lipinski definition) is 1. The standard InChI is InChI=1S/C14H19ClN4S/c1-10(2)7-16-8-11-6-12(15)4-5-13(11)20-14-18-17-9-19(14)3/h4-6,9-10,16H,7-8H2,1-3H3. The summed E-state index contributed by atoms with van der Waals surface area (Å²) in [6.45, 7) is 6.18. The average molecular weight is 311 g/mol. The van der Waals surface area contributed by atoms with Gasteiger partial charge < -0.3 is 9.88 Å². The first-order valence-corrected chi connectivity index (χ1v) is 7.76. The highest BCUT2D eigenvalue weighted by molar-refractivity contribution is 7.99. The van der Waals surface area contributed by atoms with E-state index in [0.717, 1.165) is 28.2 Å². The number of nitrogens with one attached hydrogen (secondary N) is 1. The highest BCUT2D eigenvalue weighted by Gasteiger charge is 2.09. The molecule has 1 aromatic carbocycles. The summed E-state index contributed by atoms with van der Waals surface area (Å²) in [7, 11) is 1.94. The molecule has 0 radical (unpaired) electrons. The molecule has 0 saturated carbocycles. The van der Waals surface area contributed by atoms with Crippen LogP contribution in [0.1, 0.15) is 19.4 Å². The minimum Gasteiger partial charge on any atom is -0.312 e. The zero-order valence-corrected chi connectivity index (χ0v) is 13.5. The Morgan fingerprint density at radius 2 is 2.20 bits per heavy atom. The first kappa shape index (κ1) is 15.4. The molecule has 108 valence electrons. The summed E-state index contributed by atoms with van der Waals surface area (Å²) in [5.74, 6) is 0.629. The fraction of sp³-hybridized carbons (Fsp3) is 0.429. The van der Waals surface area contributed by atoms with Crippen LogP contribution in [0.2, 0.25) is 5.02 Å². The van der Waals surface area contributed by atoms with E-state index in [1.807, 2.05) is 29.8 Å². The van der Waals surface area contributed by atoms with E-state index in [4.69, 9.17) is 11.6 Å². The molecule has 0 aliphatic carbocycles. The van der Waals surface area contributed by atoms with Gasteiger partial charge in [0, 0.05) is 23.5 Å². The molecule has 20 heavy (non-hydrogen) atoms. The van der Waals surface area contributed by atoms with Crippen LogP contribution in [0.15, 0.2) is 34.6 Å². The number of rotatable bonds is 6. The molecule has 1 N–H and O–H groups in total. The average Bonchev–Trinajstić information content (AvgIpc) is 2.78. The summed E-state index contributed by atoms with van der Waals surface area (Å²) in [5.41, 5.74) is 1.19. The van der Waals surface area contributed by atoms with E-state index in [1.54, 1.807) is 18.1 Å². The van der Waals surface area contributed by atoms with E-state index in [0.29, 0.717) is 5.92 Å². The summed E-state index contributed by atoms with van der Waals surface area (Å²) in [6, 6.07) is 5.95. The predicted molar refractivity (Wildman–Crippen MR) is 83.1 cm³/mol. The van der Waals surface area contributed by atoms with Crippen LogP contribution in [-0.4, -0.2) is 21.3 Å². The quantitative estimate of drug-likeness (QED) is 0.888. The molecule has 0 amide bonds. The minimum absolute atomic E-state index is 0.629. The highest BCUT2D eigenvalue weighted by Crippen LogP contribution is 2.30. The van der Waals surface area contributed by atoms with Crippen molar-refractivity contribution < 1.29 is 0 Å². The van der Waals surface area contributed by atoms with Crippen molar-refractivity contribution in [3.05, 3.63) is 35.1 Å². The van der Waals surface area contributed by atoms with Gasteiger partial charge in [-0.1, -0.05) is 25.4 Å². The first-order chi connectivity index (χ1) is 9.56. The number of nitrogens with zero attached hydrogens (tertiary/aromatic N) is 3. The van der Waals surface area contributed by atoms with Crippen molar-refractivity contribution in [1.82, 2.24) is 20.1 Å². The molecular weight excluding hydrogens is 292 g/mol. The van der Waals surface area contributed by atoms with Crippen LogP contribution in [0.4, 0.5) is 0 Å². The van der Waals surface area contributed by atoms with Gasteiger partial charge in [-0.2, -0.15) is 0 Å². The number of hydrogen-bond acceptors (Lipinski definition) is 4. The Hall–Kier alpha value is -1.04. The van der Waals surface area contributed by atoms with E-state index in [9.17, 15) is 0 Å². The van der Waals surface area contributed by atoms with Crippen molar-refractivity contribution >= 4 is 23.4 Å². The van der Waals surface area contributed by atoms with Gasteiger partial charge in [-0.15, -0.1) is 10.2 Å². The Balaban J connectivity index is 2.13. The molecule has 2 rings (SSSR count). The van der Waals surface area contributed by atoms with Gasteiger partial charge in [0.25, 0.3) is 0 Å². The number of benzene rings is 1. The molecule has 0 aliphatic rings. The van der Waals surface area contributed by atoms with Crippen molar-refractivity contribution in [2.75, 3.05) is 6.54 Å². The lowest BCUT2D eigenvalue weighted by Gasteiger charge is -2.12. The molecule has 6 heteroatoms. The number of halogens is 1. The number of aryl methyl sites for hydroxylation is 1. The van der Waals surface area contributed by atoms with Gasteiger partial charge >= 0.3 is 0 Å². The Morgan fingerprint density at radius 3 is 2.85 bits per heavy atom. The zero-order chi connectivity index (χ0) is 14.5. The second-order valence-electron chi connectivity index (χ2n) is 5.10. The molecule has 0 unspecified atom stereocenters. The van der Waals surface area contributed by atoms with Gasteiger partial charge in [0.05, 0.1) is 0 Å². The maximum absolute atomic E-state index is 6.10. The molecular formula is C14H19ClN4S. The van der Waals surface area contributed by atoms with Crippen molar-refractivity contribution in [2.24, 2.45) is 13.0 Å². The van der Waals surface area contributed by atoms with E-state index in [2.05, 4.69) is 29.4 Å². The number of aromatic nitrogens is 3. The minimum atomic E-state index is 0.629. The van der Waals surface area contributed by atoms with Crippen LogP contribution in [0, 0.1) is 5.92 Å². The lowest BCUT2D eigenvalue weighted by atomic mass is 10.2. The van der Waals surface area contributed by atoms with Crippen molar-refractivity contribution in [1.29, 1.82) is 0 Å². The van der Waals surface area contributed by atoms with Gasteiger partial charge in [-0.3, -0.25) is 0 Å². The fourth-order valence-corrected chi connectivity index (χ4v) is 2.81. The smallest absolute Gasteiger partial charge is 0.195 e. The Labute approximate surface area is 128 Å². The molecule has 0 aliphatic heterocycles. The molecule has 1 heterocycles. The Kier molecular flexibility index (Phi) is 5.46. The van der Waals surface area contributed by atoms with Crippen molar-refractivity contribution in [2.45, 2.75) is 30.4 Å². The van der Waals surface area contributed by atoms with Crippen LogP contribution < -0.4 is 5.32 Å². The van der Waals surface area contributed by atoms with Crippen molar-refractivity contribution in [3.63, 3.8) is 0 Å². The predicted octanol–water partition coefficient (Wildman–Crippen LogP) is 3.37. The second-order valence-corrected chi connectivity index (χ2v) is 6.55. The molecule has 0 atom stereocenters. The van der Waals surface area contributed by atoms with Gasteiger partial charge in [0.15, 0.2) is 5.16 Å². The molecule has 1 aromatic heterocycles. The van der Waals surface area contributed by atoms with E-state index < -0.39 is 0 Å². The third-order valence-electron chi connectivity index (χ3n) is 2.76. The summed E-state index contributed by atoms with van der Waals surface area (Å²) < 4.78 is 1.91. The second kappa shape index (κ2) is 7.11. The summed E-state index contributed by atoms with van der Waals surface area (Å²) in [6.07, 6.45) is 1.70. The molecule has 0 fully saturated rings. The SMILES string of the molecule is CC(C)CNCc1cc(Cl)ccc1Sc1nncn1C. The Morgan fingerprint density at radius 1 is 1.40 bits per heavy atom. The third-order valence-corrected chi connectivity index (χ3v) is 4.17. The summed E-state index contributed by atoms with van der Waals surface area (Å²) >= 11 is 7.71. The van der Waals surface area contributed by atoms with Gasteiger partial charge in [-0.05, 0) is 48.0 Å². The Bertz CT molecular complexity index is 568. The fourth-order valence-electron chi connectivity index (χ4n) is 1.74. The largest absolute Gasteiger partial charge is 0.312 e. The monoisotopic (exact) mass is 310 g/mol. The lowest BCUT2D eigenvalue weighted by molar-refractivity contribution is 0.550. The first-order valence-electron chi connectivity index (χ1n) is 6.57. The van der Waals surface area contributed by atoms with Gasteiger partial charge in [0.2, 0.25) is 0 Å². The summed E-state index contributed by atoms with van der Waals surface area (Å²) in [4.78, 5) is 1.15. The maximum Gasteiger partial charge on any atom is 0.195 e. The van der Waals surface area contributed by atoms with Gasteiger partial charge in [-0.25, -0.2) is 0 Å². The zero-order valence-electron chi connectivity index (χ0n) is 11.9. The van der Waals surface area contributed by atoms with Crippen LogP contribution in [0.5, 0.6) is 0 Å². The van der Waals surface area contributed by atoms with E-state index in [-0.39, 0.29) is 0 Å². The van der Waals surface area contributed by atoms with Crippen LogP contribution in [0.25, 0.3) is 0 Å². The molecule has 4 nitrogen and oxygen atoms in total. The normalized spacial score (nSPS) is 11.2. The molecule has 0 spiro atoms. The molecule has 0 saturated heterocycles. The van der Waals surface area contributed by atoms with E-state index >= 15 is 0 Å². The van der Waals surface area contributed by atoms with Gasteiger partial charge in [0.1, 0.15) is 6.33 Å². The maximum atomic E-state index is 6.10. The van der Waals surface area contributed by atoms with Crippen LogP contribution in [-0.2, 0) is 13.6 Å². The molecule has 2 aromatic rings. The molecule has 0 bridgehead atoms. The van der Waals surface area contributed by atoms with E-state index in [1.165, 1.54) is 5.56 Å². The lowest BCUT2D eigenvalue weighted by Crippen LogP contribution is -2.19.